The lowest BCUT2D eigenvalue weighted by Gasteiger charge is -2.27. The monoisotopic (exact) mass is 267 g/mol. The van der Waals surface area contributed by atoms with Crippen molar-refractivity contribution in [2.75, 3.05) is 11.4 Å². The van der Waals surface area contributed by atoms with E-state index in [1.165, 1.54) is 6.07 Å². The molecule has 0 aliphatic rings. The Morgan fingerprint density at radius 2 is 2.16 bits per heavy atom. The topological polar surface area (TPSA) is 96.6 Å². The Labute approximate surface area is 111 Å². The van der Waals surface area contributed by atoms with Gasteiger partial charge in [0, 0.05) is 18.7 Å². The SMILES string of the molecule is CCC(C)N(CC)c1nc(C(=O)O)ccc1[N+](=O)[O-]. The molecule has 0 spiro atoms. The van der Waals surface area contributed by atoms with E-state index < -0.39 is 10.9 Å². The summed E-state index contributed by atoms with van der Waals surface area (Å²) in [6.07, 6.45) is 0.782. The Bertz CT molecular complexity index is 490. The van der Waals surface area contributed by atoms with Gasteiger partial charge in [-0.3, -0.25) is 10.1 Å². The van der Waals surface area contributed by atoms with Crippen molar-refractivity contribution in [1.82, 2.24) is 4.98 Å². The van der Waals surface area contributed by atoms with Crippen LogP contribution in [0.3, 0.4) is 0 Å². The molecule has 0 saturated heterocycles. The fraction of sp³-hybridized carbons (Fsp3) is 0.500. The van der Waals surface area contributed by atoms with Gasteiger partial charge < -0.3 is 10.0 Å². The molecule has 1 unspecified atom stereocenters. The van der Waals surface area contributed by atoms with Gasteiger partial charge in [0.15, 0.2) is 5.69 Å². The third-order valence-electron chi connectivity index (χ3n) is 3.01. The second-order valence-corrected chi connectivity index (χ2v) is 4.14. The van der Waals surface area contributed by atoms with Crippen LogP contribution in [-0.4, -0.2) is 33.6 Å². The van der Waals surface area contributed by atoms with Crippen molar-refractivity contribution >= 4 is 17.5 Å². The number of aromatic nitrogens is 1. The summed E-state index contributed by atoms with van der Waals surface area (Å²) in [6, 6.07) is 2.38. The Kier molecular flexibility index (Phi) is 4.80. The van der Waals surface area contributed by atoms with Gasteiger partial charge in [-0.05, 0) is 26.3 Å². The minimum absolute atomic E-state index is 0.0419. The zero-order valence-electron chi connectivity index (χ0n) is 11.2. The predicted octanol–water partition coefficient (Wildman–Crippen LogP) is 2.31. The van der Waals surface area contributed by atoms with Crippen molar-refractivity contribution in [3.05, 3.63) is 27.9 Å². The van der Waals surface area contributed by atoms with Crippen LogP contribution in [0.5, 0.6) is 0 Å². The quantitative estimate of drug-likeness (QED) is 0.627. The van der Waals surface area contributed by atoms with E-state index in [4.69, 9.17) is 5.11 Å². The van der Waals surface area contributed by atoms with Crippen LogP contribution in [-0.2, 0) is 0 Å². The summed E-state index contributed by atoms with van der Waals surface area (Å²) in [5, 5.41) is 20.0. The third kappa shape index (κ3) is 3.18. The summed E-state index contributed by atoms with van der Waals surface area (Å²) in [7, 11) is 0. The smallest absolute Gasteiger partial charge is 0.354 e. The zero-order chi connectivity index (χ0) is 14.6. The number of aromatic carboxylic acids is 1. The number of hydrogen-bond acceptors (Lipinski definition) is 5. The molecule has 7 nitrogen and oxygen atoms in total. The Morgan fingerprint density at radius 1 is 1.53 bits per heavy atom. The lowest BCUT2D eigenvalue weighted by molar-refractivity contribution is -0.384. The average Bonchev–Trinajstić information content (AvgIpc) is 2.38. The van der Waals surface area contributed by atoms with E-state index in [0.717, 1.165) is 12.5 Å². The molecule has 1 heterocycles. The van der Waals surface area contributed by atoms with Gasteiger partial charge in [0.25, 0.3) is 0 Å². The molecule has 0 saturated carbocycles. The first-order valence-electron chi connectivity index (χ1n) is 6.07. The number of nitrogens with zero attached hydrogens (tertiary/aromatic N) is 3. The molecule has 0 radical (unpaired) electrons. The number of carboxylic acids is 1. The van der Waals surface area contributed by atoms with Crippen molar-refractivity contribution in [2.45, 2.75) is 33.2 Å². The number of pyridine rings is 1. The van der Waals surface area contributed by atoms with E-state index in [1.807, 2.05) is 20.8 Å². The van der Waals surface area contributed by atoms with E-state index in [2.05, 4.69) is 4.98 Å². The van der Waals surface area contributed by atoms with Gasteiger partial charge in [-0.2, -0.15) is 0 Å². The van der Waals surface area contributed by atoms with E-state index in [-0.39, 0.29) is 23.2 Å². The molecule has 1 rings (SSSR count). The molecular formula is C12H17N3O4. The molecule has 7 heteroatoms. The summed E-state index contributed by atoms with van der Waals surface area (Å²) >= 11 is 0. The highest BCUT2D eigenvalue weighted by Crippen LogP contribution is 2.28. The molecule has 0 amide bonds. The van der Waals surface area contributed by atoms with Crippen molar-refractivity contribution < 1.29 is 14.8 Å². The molecular weight excluding hydrogens is 250 g/mol. The van der Waals surface area contributed by atoms with Crippen molar-refractivity contribution in [3.8, 4) is 0 Å². The number of rotatable bonds is 6. The zero-order valence-corrected chi connectivity index (χ0v) is 11.2. The van der Waals surface area contributed by atoms with Crippen molar-refractivity contribution in [3.63, 3.8) is 0 Å². The molecule has 1 aromatic heterocycles. The second-order valence-electron chi connectivity index (χ2n) is 4.14. The molecule has 1 aromatic rings. The van der Waals surface area contributed by atoms with Gasteiger partial charge in [0.1, 0.15) is 0 Å². The van der Waals surface area contributed by atoms with E-state index in [9.17, 15) is 14.9 Å². The lowest BCUT2D eigenvalue weighted by Crippen LogP contribution is -2.33. The second kappa shape index (κ2) is 6.12. The van der Waals surface area contributed by atoms with E-state index in [1.54, 1.807) is 4.90 Å². The van der Waals surface area contributed by atoms with Gasteiger partial charge in [0.05, 0.1) is 4.92 Å². The number of carbonyl (C=O) groups is 1. The summed E-state index contributed by atoms with van der Waals surface area (Å²) in [5.41, 5.74) is -0.366. The summed E-state index contributed by atoms with van der Waals surface area (Å²) < 4.78 is 0. The van der Waals surface area contributed by atoms with Crippen LogP contribution in [0, 0.1) is 10.1 Å². The minimum Gasteiger partial charge on any atom is -0.477 e. The number of anilines is 1. The van der Waals surface area contributed by atoms with Crippen LogP contribution in [0.2, 0.25) is 0 Å². The maximum atomic E-state index is 11.0. The van der Waals surface area contributed by atoms with Gasteiger partial charge in [0.2, 0.25) is 5.82 Å². The molecule has 0 bridgehead atoms. The minimum atomic E-state index is -1.20. The van der Waals surface area contributed by atoms with E-state index in [0.29, 0.717) is 6.54 Å². The summed E-state index contributed by atoms with van der Waals surface area (Å²) in [5.74, 6) is -1.09. The highest BCUT2D eigenvalue weighted by molar-refractivity contribution is 5.86. The largest absolute Gasteiger partial charge is 0.477 e. The Hall–Kier alpha value is -2.18. The molecule has 1 N–H and O–H groups in total. The van der Waals surface area contributed by atoms with Crippen LogP contribution >= 0.6 is 0 Å². The molecule has 1 atom stereocenters. The van der Waals surface area contributed by atoms with Gasteiger partial charge in [-0.1, -0.05) is 6.92 Å². The predicted molar refractivity (Wildman–Crippen MR) is 70.6 cm³/mol. The number of hydrogen-bond donors (Lipinski definition) is 1. The summed E-state index contributed by atoms with van der Waals surface area (Å²) in [6.45, 7) is 6.25. The molecule has 0 aliphatic carbocycles. The Morgan fingerprint density at radius 3 is 2.58 bits per heavy atom. The van der Waals surface area contributed by atoms with Crippen molar-refractivity contribution in [2.24, 2.45) is 0 Å². The standard InChI is InChI=1S/C12H17N3O4/c1-4-8(3)14(5-2)11-10(15(18)19)7-6-9(13-11)12(16)17/h6-8H,4-5H2,1-3H3,(H,16,17). The first-order chi connectivity index (χ1) is 8.92. The van der Waals surface area contributed by atoms with E-state index >= 15 is 0 Å². The third-order valence-corrected chi connectivity index (χ3v) is 3.01. The fourth-order valence-electron chi connectivity index (χ4n) is 1.80. The van der Waals surface area contributed by atoms with Gasteiger partial charge >= 0.3 is 11.7 Å². The fourth-order valence-corrected chi connectivity index (χ4v) is 1.80. The maximum absolute atomic E-state index is 11.0. The first kappa shape index (κ1) is 14.9. The Balaban J connectivity index is 3.38. The van der Waals surface area contributed by atoms with Crippen molar-refractivity contribution in [1.29, 1.82) is 0 Å². The highest BCUT2D eigenvalue weighted by Gasteiger charge is 2.25. The average molecular weight is 267 g/mol. The van der Waals surface area contributed by atoms with Crippen LogP contribution < -0.4 is 4.90 Å². The maximum Gasteiger partial charge on any atom is 0.354 e. The van der Waals surface area contributed by atoms with Crippen LogP contribution in [0.1, 0.15) is 37.7 Å². The van der Waals surface area contributed by atoms with Gasteiger partial charge in [-0.25, -0.2) is 9.78 Å². The molecule has 19 heavy (non-hydrogen) atoms. The first-order valence-corrected chi connectivity index (χ1v) is 6.07. The molecule has 0 aromatic carbocycles. The summed E-state index contributed by atoms with van der Waals surface area (Å²) in [4.78, 5) is 27.1. The normalized spacial score (nSPS) is 11.9. The van der Waals surface area contributed by atoms with Crippen LogP contribution in [0.25, 0.3) is 0 Å². The van der Waals surface area contributed by atoms with Gasteiger partial charge in [-0.15, -0.1) is 0 Å². The van der Waals surface area contributed by atoms with Crippen LogP contribution in [0.15, 0.2) is 12.1 Å². The number of carboxylic acid groups (broad SMARTS) is 1. The van der Waals surface area contributed by atoms with Crippen LogP contribution in [0.4, 0.5) is 11.5 Å². The molecule has 0 fully saturated rings. The number of nitro groups is 1. The highest BCUT2D eigenvalue weighted by atomic mass is 16.6. The lowest BCUT2D eigenvalue weighted by atomic mass is 10.2. The molecule has 0 aliphatic heterocycles. The molecule has 104 valence electrons.